The highest BCUT2D eigenvalue weighted by molar-refractivity contribution is 5.76. The summed E-state index contributed by atoms with van der Waals surface area (Å²) >= 11 is 0. The summed E-state index contributed by atoms with van der Waals surface area (Å²) in [5, 5.41) is 22.7. The summed E-state index contributed by atoms with van der Waals surface area (Å²) in [6.45, 7) is 13.5. The van der Waals surface area contributed by atoms with Crippen LogP contribution in [-0.2, 0) is 4.74 Å². The third-order valence-corrected chi connectivity index (χ3v) is 8.66. The quantitative estimate of drug-likeness (QED) is 0.614. The molecule has 10 heteroatoms. The third-order valence-electron chi connectivity index (χ3n) is 8.66. The van der Waals surface area contributed by atoms with Gasteiger partial charge in [-0.05, 0) is 58.2 Å². The minimum atomic E-state index is -0.447. The average Bonchev–Trinajstić information content (AvgIpc) is 3.37. The number of piperazine rings is 1. The van der Waals surface area contributed by atoms with Crippen molar-refractivity contribution in [3.63, 3.8) is 0 Å². The number of para-hydroxylation sites is 1. The number of hydrogen-bond donors (Lipinski definition) is 2. The molecule has 0 saturated carbocycles. The summed E-state index contributed by atoms with van der Waals surface area (Å²) in [6, 6.07) is 10.9. The van der Waals surface area contributed by atoms with E-state index < -0.39 is 5.60 Å². The first-order valence-corrected chi connectivity index (χ1v) is 14.4. The van der Waals surface area contributed by atoms with Crippen LogP contribution < -0.4 is 10.2 Å². The maximum Gasteiger partial charge on any atom is 0.410 e. The van der Waals surface area contributed by atoms with Crippen LogP contribution in [0.5, 0.6) is 5.75 Å². The van der Waals surface area contributed by atoms with Crippen LogP contribution in [0.25, 0.3) is 11.3 Å². The molecule has 2 atom stereocenters. The molecule has 3 fully saturated rings. The van der Waals surface area contributed by atoms with Crippen molar-refractivity contribution < 1.29 is 14.6 Å². The molecule has 6 rings (SSSR count). The molecule has 1 aromatic carbocycles. The van der Waals surface area contributed by atoms with Crippen LogP contribution in [0, 0.1) is 0 Å². The van der Waals surface area contributed by atoms with Crippen molar-refractivity contribution in [3.05, 3.63) is 30.3 Å². The first-order chi connectivity index (χ1) is 18.7. The zero-order valence-electron chi connectivity index (χ0n) is 23.3. The van der Waals surface area contributed by atoms with Crippen LogP contribution in [0.4, 0.5) is 16.3 Å². The van der Waals surface area contributed by atoms with Crippen molar-refractivity contribution in [1.82, 2.24) is 24.9 Å². The van der Waals surface area contributed by atoms with Crippen molar-refractivity contribution in [1.29, 1.82) is 0 Å². The van der Waals surface area contributed by atoms with Crippen LogP contribution in [0.15, 0.2) is 30.3 Å². The molecule has 3 saturated heterocycles. The minimum Gasteiger partial charge on any atom is -0.507 e. The van der Waals surface area contributed by atoms with Gasteiger partial charge >= 0.3 is 6.09 Å². The van der Waals surface area contributed by atoms with E-state index in [1.807, 2.05) is 43.9 Å². The molecule has 0 bridgehead atoms. The molecule has 1 aromatic heterocycles. The molecule has 1 unspecified atom stereocenters. The normalized spacial score (nSPS) is 24.7. The number of ether oxygens (including phenoxy) is 1. The van der Waals surface area contributed by atoms with Gasteiger partial charge < -0.3 is 25.0 Å². The van der Waals surface area contributed by atoms with E-state index in [0.29, 0.717) is 29.4 Å². The lowest BCUT2D eigenvalue weighted by Crippen LogP contribution is -2.56. The van der Waals surface area contributed by atoms with Gasteiger partial charge in [0.05, 0.1) is 11.4 Å². The smallest absolute Gasteiger partial charge is 0.410 e. The van der Waals surface area contributed by atoms with Crippen LogP contribution in [-0.4, -0.2) is 112 Å². The number of benzene rings is 1. The van der Waals surface area contributed by atoms with E-state index in [9.17, 15) is 9.90 Å². The van der Waals surface area contributed by atoms with Gasteiger partial charge in [-0.1, -0.05) is 12.1 Å². The van der Waals surface area contributed by atoms with E-state index in [4.69, 9.17) is 4.74 Å². The number of fused-ring (bicyclic) bond motifs is 3. The lowest BCUT2D eigenvalue weighted by molar-refractivity contribution is 0.00808. The number of phenols is 1. The maximum absolute atomic E-state index is 12.4. The molecule has 2 aromatic rings. The Morgan fingerprint density at radius 1 is 0.974 bits per heavy atom. The van der Waals surface area contributed by atoms with Crippen molar-refractivity contribution in [3.8, 4) is 17.0 Å². The molecule has 5 heterocycles. The van der Waals surface area contributed by atoms with Crippen molar-refractivity contribution >= 4 is 17.6 Å². The molecule has 0 spiro atoms. The average molecular weight is 536 g/mol. The molecule has 2 N–H and O–H groups in total. The van der Waals surface area contributed by atoms with Gasteiger partial charge in [0.15, 0.2) is 5.82 Å². The number of phenolic OH excluding ortho intramolecular Hbond substituents is 1. The Kier molecular flexibility index (Phi) is 7.01. The summed E-state index contributed by atoms with van der Waals surface area (Å²) in [6.07, 6.45) is 2.98. The largest absolute Gasteiger partial charge is 0.507 e. The van der Waals surface area contributed by atoms with Gasteiger partial charge in [0, 0.05) is 76.0 Å². The van der Waals surface area contributed by atoms with E-state index in [2.05, 4.69) is 36.3 Å². The molecular weight excluding hydrogens is 494 g/mol. The van der Waals surface area contributed by atoms with Gasteiger partial charge in [0.1, 0.15) is 11.4 Å². The Morgan fingerprint density at radius 2 is 1.67 bits per heavy atom. The molecule has 39 heavy (non-hydrogen) atoms. The van der Waals surface area contributed by atoms with Crippen LogP contribution >= 0.6 is 0 Å². The highest BCUT2D eigenvalue weighted by atomic mass is 16.6. The lowest BCUT2D eigenvalue weighted by atomic mass is 10.0. The molecule has 210 valence electrons. The number of amides is 1. The number of likely N-dealkylation sites (tertiary alicyclic amines) is 1. The predicted molar refractivity (Wildman–Crippen MR) is 151 cm³/mol. The fraction of sp³-hybridized carbons (Fsp3) is 0.621. The monoisotopic (exact) mass is 535 g/mol. The fourth-order valence-corrected chi connectivity index (χ4v) is 6.62. The topological polar surface area (TPSA) is 97.3 Å². The first-order valence-electron chi connectivity index (χ1n) is 14.4. The number of aromatic nitrogens is 2. The fourth-order valence-electron chi connectivity index (χ4n) is 6.62. The maximum atomic E-state index is 12.4. The molecule has 0 radical (unpaired) electrons. The Balaban J connectivity index is 1.04. The Hall–Kier alpha value is -3.11. The molecule has 4 aliphatic heterocycles. The number of carbonyl (C=O) groups is 1. The van der Waals surface area contributed by atoms with Gasteiger partial charge in [0.2, 0.25) is 0 Å². The molecule has 0 aliphatic carbocycles. The van der Waals surface area contributed by atoms with E-state index in [1.54, 1.807) is 6.07 Å². The van der Waals surface area contributed by atoms with Gasteiger partial charge in [0.25, 0.3) is 0 Å². The van der Waals surface area contributed by atoms with Crippen LogP contribution in [0.3, 0.4) is 0 Å². The Bertz CT molecular complexity index is 1190. The minimum absolute atomic E-state index is 0.182. The van der Waals surface area contributed by atoms with E-state index in [-0.39, 0.29) is 11.8 Å². The Labute approximate surface area is 230 Å². The number of aromatic hydroxyl groups is 1. The van der Waals surface area contributed by atoms with Gasteiger partial charge in [-0.2, -0.15) is 0 Å². The summed E-state index contributed by atoms with van der Waals surface area (Å²) in [7, 11) is 0. The zero-order valence-corrected chi connectivity index (χ0v) is 23.3. The second-order valence-electron chi connectivity index (χ2n) is 12.3. The number of nitrogens with one attached hydrogen (secondary N) is 1. The first kappa shape index (κ1) is 26.1. The summed E-state index contributed by atoms with van der Waals surface area (Å²) in [5.74, 6) is 1.05. The van der Waals surface area contributed by atoms with E-state index in [1.165, 1.54) is 0 Å². The van der Waals surface area contributed by atoms with Crippen molar-refractivity contribution in [2.24, 2.45) is 0 Å². The number of hydrogen-bond acceptors (Lipinski definition) is 9. The third kappa shape index (κ3) is 5.49. The van der Waals surface area contributed by atoms with Gasteiger partial charge in [-0.25, -0.2) is 4.79 Å². The molecule has 10 nitrogen and oxygen atoms in total. The molecular formula is C29H41N7O3. The lowest BCUT2D eigenvalue weighted by Gasteiger charge is -2.44. The van der Waals surface area contributed by atoms with E-state index >= 15 is 0 Å². The van der Waals surface area contributed by atoms with E-state index in [0.717, 1.165) is 83.1 Å². The highest BCUT2D eigenvalue weighted by Crippen LogP contribution is 2.39. The second-order valence-corrected chi connectivity index (χ2v) is 12.3. The number of carbonyl (C=O) groups excluding carboxylic acids is 1. The van der Waals surface area contributed by atoms with Gasteiger partial charge in [-0.15, -0.1) is 10.2 Å². The molecule has 4 aliphatic rings. The number of rotatable bonds is 3. The summed E-state index contributed by atoms with van der Waals surface area (Å²) in [5.41, 5.74) is 2.04. The van der Waals surface area contributed by atoms with Crippen molar-refractivity contribution in [2.45, 2.75) is 63.8 Å². The predicted octanol–water partition coefficient (Wildman–Crippen LogP) is 3.24. The highest BCUT2D eigenvalue weighted by Gasteiger charge is 2.40. The Morgan fingerprint density at radius 3 is 2.36 bits per heavy atom. The SMILES string of the molecule is CC(C)(C)OC(=O)N1CCC(N2CCN(C3C[C@@H]4CNc5nnc(-c6ccccc6O)cc5N4C3)CC2)CC1. The standard InChI is InChI=1S/C29H41N7O3/c1-29(2,3)39-28(38)35-10-8-20(9-11-35)33-12-14-34(15-13-33)22-16-21-18-30-27-25(36(21)19-22)17-24(31-32-27)23-6-4-5-7-26(23)37/h4-7,17,20-22,37H,8-16,18-19H2,1-3H3,(H,30,32)/t21-,22?/m1/s1. The second kappa shape index (κ2) is 10.5. The van der Waals surface area contributed by atoms with Gasteiger partial charge in [-0.3, -0.25) is 9.80 Å². The van der Waals surface area contributed by atoms with Crippen LogP contribution in [0.2, 0.25) is 0 Å². The zero-order chi connectivity index (χ0) is 27.1. The number of anilines is 2. The van der Waals surface area contributed by atoms with Crippen LogP contribution in [0.1, 0.15) is 40.0 Å². The number of piperidine rings is 1. The van der Waals surface area contributed by atoms with Crippen molar-refractivity contribution in [2.75, 3.05) is 62.6 Å². The molecule has 1 amide bonds. The summed E-state index contributed by atoms with van der Waals surface area (Å²) in [4.78, 5) is 22.1. The summed E-state index contributed by atoms with van der Waals surface area (Å²) < 4.78 is 5.57. The number of nitrogens with zero attached hydrogens (tertiary/aromatic N) is 6.